The van der Waals surface area contributed by atoms with Gasteiger partial charge in [0.25, 0.3) is 0 Å². The fourth-order valence-corrected chi connectivity index (χ4v) is 6.92. The summed E-state index contributed by atoms with van der Waals surface area (Å²) in [6, 6.07) is 12.8. The lowest BCUT2D eigenvalue weighted by Crippen LogP contribution is -2.44. The summed E-state index contributed by atoms with van der Waals surface area (Å²) >= 11 is 1.20. The van der Waals surface area contributed by atoms with Gasteiger partial charge in [0, 0.05) is 61.1 Å². The summed E-state index contributed by atoms with van der Waals surface area (Å²) in [5.74, 6) is -5.42. The van der Waals surface area contributed by atoms with Crippen molar-refractivity contribution in [3.05, 3.63) is 83.7 Å². The van der Waals surface area contributed by atoms with Gasteiger partial charge >= 0.3 is 11.9 Å². The Morgan fingerprint density at radius 2 is 1.64 bits per heavy atom. The van der Waals surface area contributed by atoms with E-state index in [0.29, 0.717) is 37.3 Å². The fourth-order valence-electron chi connectivity index (χ4n) is 6.10. The lowest BCUT2D eigenvalue weighted by molar-refractivity contribution is -0.142. The van der Waals surface area contributed by atoms with E-state index in [9.17, 15) is 38.3 Å². The second-order valence-corrected chi connectivity index (χ2v) is 15.5. The minimum atomic E-state index is -1.36. The third-order valence-corrected chi connectivity index (χ3v) is 9.74. The van der Waals surface area contributed by atoms with Crippen molar-refractivity contribution in [2.75, 3.05) is 31.1 Å². The van der Waals surface area contributed by atoms with Crippen LogP contribution in [0.5, 0.6) is 0 Å². The molecule has 56 heavy (non-hydrogen) atoms. The Hall–Kier alpha value is -5.09. The van der Waals surface area contributed by atoms with E-state index in [2.05, 4.69) is 10.6 Å². The minimum absolute atomic E-state index is 0.00967. The largest absolute Gasteiger partial charge is 0.481 e. The zero-order valence-corrected chi connectivity index (χ0v) is 32.7. The molecule has 1 aromatic heterocycles. The first-order valence-corrected chi connectivity index (χ1v) is 19.4. The summed E-state index contributed by atoms with van der Waals surface area (Å²) in [5.41, 5.74) is 7.59. The first kappa shape index (κ1) is 45.3. The zero-order valence-electron chi connectivity index (χ0n) is 31.9. The predicted molar refractivity (Wildman–Crippen MR) is 209 cm³/mol. The summed E-state index contributed by atoms with van der Waals surface area (Å²) < 4.78 is 31.3. The van der Waals surface area contributed by atoms with Gasteiger partial charge in [-0.3, -0.25) is 24.0 Å². The van der Waals surface area contributed by atoms with Crippen LogP contribution in [-0.4, -0.2) is 92.3 Å². The van der Waals surface area contributed by atoms with Gasteiger partial charge in [-0.2, -0.15) is 11.8 Å². The van der Waals surface area contributed by atoms with Crippen molar-refractivity contribution in [3.63, 3.8) is 0 Å². The maximum absolute atomic E-state index is 15.1. The highest BCUT2D eigenvalue weighted by molar-refractivity contribution is 7.99. The third kappa shape index (κ3) is 14.5. The molecule has 0 aliphatic heterocycles. The van der Waals surface area contributed by atoms with Crippen LogP contribution in [0.3, 0.4) is 0 Å². The first-order valence-electron chi connectivity index (χ1n) is 18.3. The number of benzene rings is 2. The number of aliphatic carboxylic acids is 2. The average Bonchev–Trinajstić information content (AvgIpc) is 3.54. The molecule has 2 aromatic carbocycles. The number of nitrogens with two attached hydrogens (primary N) is 1. The number of halogens is 2. The number of nitrogens with one attached hydrogen (secondary N) is 2. The van der Waals surface area contributed by atoms with Gasteiger partial charge < -0.3 is 36.0 Å². The van der Waals surface area contributed by atoms with Gasteiger partial charge in [-0.05, 0) is 54.6 Å². The minimum Gasteiger partial charge on any atom is -0.481 e. The number of carbonyl (C=O) groups is 6. The summed E-state index contributed by atoms with van der Waals surface area (Å²) in [6.07, 6.45) is 0.988. The molecule has 0 radical (unpaired) electrons. The number of carboxylic acids is 2. The lowest BCUT2D eigenvalue weighted by atomic mass is 9.83. The van der Waals surface area contributed by atoms with Gasteiger partial charge in [0.15, 0.2) is 5.78 Å². The number of carbonyl (C=O) groups excluding carboxylic acids is 4. The second kappa shape index (κ2) is 21.9. The van der Waals surface area contributed by atoms with Gasteiger partial charge in [0.05, 0.1) is 24.8 Å². The predicted octanol–water partition coefficient (Wildman–Crippen LogP) is 4.77. The molecule has 0 fully saturated rings. The van der Waals surface area contributed by atoms with Crippen LogP contribution in [0, 0.1) is 17.0 Å². The molecule has 0 saturated carbocycles. The van der Waals surface area contributed by atoms with Crippen LogP contribution in [0.15, 0.2) is 60.8 Å². The Morgan fingerprint density at radius 1 is 0.929 bits per heavy atom. The summed E-state index contributed by atoms with van der Waals surface area (Å²) in [5, 5.41) is 22.9. The number of amides is 3. The van der Waals surface area contributed by atoms with Crippen molar-refractivity contribution in [2.45, 2.75) is 77.9 Å². The molecular weight excluding hydrogens is 749 g/mol. The van der Waals surface area contributed by atoms with Crippen LogP contribution in [0.25, 0.3) is 11.1 Å². The molecule has 304 valence electrons. The monoisotopic (exact) mass is 799 g/mol. The Morgan fingerprint density at radius 3 is 2.29 bits per heavy atom. The molecule has 3 amide bonds. The highest BCUT2D eigenvalue weighted by Crippen LogP contribution is 2.41. The zero-order chi connectivity index (χ0) is 41.4. The van der Waals surface area contributed by atoms with E-state index in [-0.39, 0.29) is 48.7 Å². The van der Waals surface area contributed by atoms with Crippen LogP contribution in [0.1, 0.15) is 76.6 Å². The maximum Gasteiger partial charge on any atom is 0.326 e. The molecule has 0 aliphatic carbocycles. The molecule has 0 unspecified atom stereocenters. The van der Waals surface area contributed by atoms with Gasteiger partial charge in [0.1, 0.15) is 17.7 Å². The van der Waals surface area contributed by atoms with Crippen molar-refractivity contribution >= 4 is 47.2 Å². The number of hydrogen-bond acceptors (Lipinski definition) is 8. The molecule has 0 aliphatic rings. The Bertz CT molecular complexity index is 1830. The second-order valence-electron chi connectivity index (χ2n) is 14.4. The van der Waals surface area contributed by atoms with E-state index in [4.69, 9.17) is 10.8 Å². The SMILES string of the molecule is CC(C)(C)[C@H](c1cc(-c2cc(F)ccc2F)cn1Cc1ccccc1)N(CCCN)C(=O)CSCCC(=O)N[C@H](CCC(=O)CNC(=O)CCC(=O)O)C(=O)O. The van der Waals surface area contributed by atoms with E-state index in [0.717, 1.165) is 23.8 Å². The third-order valence-electron chi connectivity index (χ3n) is 8.79. The van der Waals surface area contributed by atoms with Crippen LogP contribution >= 0.6 is 11.8 Å². The van der Waals surface area contributed by atoms with E-state index in [1.54, 1.807) is 17.2 Å². The Balaban J connectivity index is 1.71. The number of carboxylic acid groups (broad SMARTS) is 2. The van der Waals surface area contributed by atoms with Crippen LogP contribution in [0.4, 0.5) is 8.78 Å². The van der Waals surface area contributed by atoms with Crippen molar-refractivity contribution < 1.29 is 47.8 Å². The van der Waals surface area contributed by atoms with Crippen molar-refractivity contribution in [1.29, 1.82) is 0 Å². The van der Waals surface area contributed by atoms with Gasteiger partial charge in [-0.1, -0.05) is 51.1 Å². The number of hydrogen-bond donors (Lipinski definition) is 5. The Labute approximate surface area is 329 Å². The van der Waals surface area contributed by atoms with Crippen LogP contribution in [-0.2, 0) is 35.3 Å². The highest BCUT2D eigenvalue weighted by atomic mass is 32.2. The quantitative estimate of drug-likeness (QED) is 0.0833. The van der Waals surface area contributed by atoms with E-state index >= 15 is 4.39 Å². The fraction of sp³-hybridized carbons (Fsp3) is 0.450. The van der Waals surface area contributed by atoms with Gasteiger partial charge in [-0.25, -0.2) is 13.6 Å². The molecule has 0 bridgehead atoms. The molecular formula is C40H51F2N5O8S. The lowest BCUT2D eigenvalue weighted by Gasteiger charge is -2.41. The number of nitrogens with zero attached hydrogens (tertiary/aromatic N) is 2. The van der Waals surface area contributed by atoms with E-state index in [1.165, 1.54) is 11.8 Å². The molecule has 6 N–H and O–H groups in total. The van der Waals surface area contributed by atoms with Crippen molar-refractivity contribution in [1.82, 2.24) is 20.1 Å². The smallest absolute Gasteiger partial charge is 0.326 e. The Kier molecular flexibility index (Phi) is 17.7. The molecule has 16 heteroatoms. The van der Waals surface area contributed by atoms with E-state index < -0.39 is 71.6 Å². The highest BCUT2D eigenvalue weighted by Gasteiger charge is 2.37. The van der Waals surface area contributed by atoms with Crippen LogP contribution < -0.4 is 16.4 Å². The van der Waals surface area contributed by atoms with Crippen molar-refractivity contribution in [3.8, 4) is 11.1 Å². The summed E-state index contributed by atoms with van der Waals surface area (Å²) in [4.78, 5) is 74.7. The van der Waals surface area contributed by atoms with Crippen LogP contribution in [0.2, 0.25) is 0 Å². The number of aromatic nitrogens is 1. The number of ketones is 1. The molecule has 1 heterocycles. The van der Waals surface area contributed by atoms with Gasteiger partial charge in [0.2, 0.25) is 17.7 Å². The molecule has 0 spiro atoms. The normalized spacial score (nSPS) is 12.4. The summed E-state index contributed by atoms with van der Waals surface area (Å²) in [6.45, 7) is 6.61. The average molecular weight is 800 g/mol. The van der Waals surface area contributed by atoms with Crippen molar-refractivity contribution in [2.24, 2.45) is 11.1 Å². The van der Waals surface area contributed by atoms with E-state index in [1.807, 2.05) is 55.7 Å². The molecule has 0 saturated heterocycles. The molecule has 13 nitrogen and oxygen atoms in total. The molecule has 3 rings (SSSR count). The van der Waals surface area contributed by atoms with Gasteiger partial charge in [-0.15, -0.1) is 0 Å². The number of rotatable bonds is 23. The molecule has 3 aromatic rings. The standard InChI is InChI=1S/C40H51F2N5O8S/c1-40(2,3)38(33-20-27(30-21-28(41)10-12-31(30)42)24-46(33)23-26-8-5-4-6-9-26)47(18-7-17-43)36(51)25-56-19-16-35(50)45-32(39(54)55)13-11-29(48)22-44-34(49)14-15-37(52)53/h4-6,8-10,12,20-21,24,32,38H,7,11,13-19,22-23,25,43H2,1-3H3,(H,44,49)(H,45,50)(H,52,53)(H,54,55)/t32-,38+/m1/s1. The maximum atomic E-state index is 15.1. The number of Topliss-reactive ketones (excluding diaryl/α,β-unsaturated/α-hetero) is 1. The first-order chi connectivity index (χ1) is 26.5. The topological polar surface area (TPSA) is 201 Å². The molecule has 2 atom stereocenters. The number of thioether (sulfide) groups is 1. The summed E-state index contributed by atoms with van der Waals surface area (Å²) in [7, 11) is 0.